The van der Waals surface area contributed by atoms with Gasteiger partial charge in [0.2, 0.25) is 0 Å². The van der Waals surface area contributed by atoms with Gasteiger partial charge in [-0.05, 0) is 23.8 Å². The van der Waals surface area contributed by atoms with Gasteiger partial charge < -0.3 is 0 Å². The third-order valence-corrected chi connectivity index (χ3v) is 7.40. The van der Waals surface area contributed by atoms with Crippen LogP contribution in [0.2, 0.25) is 5.02 Å². The predicted molar refractivity (Wildman–Crippen MR) is 103 cm³/mol. The van der Waals surface area contributed by atoms with Gasteiger partial charge in [0, 0.05) is 49.5 Å². The van der Waals surface area contributed by atoms with Crippen LogP contribution in [0.3, 0.4) is 0 Å². The number of halogens is 1. The molecule has 0 amide bonds. The van der Waals surface area contributed by atoms with Gasteiger partial charge in [0.25, 0.3) is 0 Å². The minimum atomic E-state index is -3.03. The molecule has 26 heavy (non-hydrogen) atoms. The molecule has 2 aliphatic rings. The Hall–Kier alpha value is -1.47. The molecule has 0 bridgehead atoms. The molecule has 3 heterocycles. The van der Waals surface area contributed by atoms with E-state index >= 15 is 0 Å². The summed E-state index contributed by atoms with van der Waals surface area (Å²) in [5, 5.41) is 0.737. The van der Waals surface area contributed by atoms with Crippen molar-refractivity contribution in [2.75, 3.05) is 24.6 Å². The monoisotopic (exact) mass is 391 g/mol. The van der Waals surface area contributed by atoms with Crippen molar-refractivity contribution in [3.05, 3.63) is 64.9 Å². The van der Waals surface area contributed by atoms with Gasteiger partial charge in [-0.25, -0.2) is 8.42 Å². The molecule has 2 fully saturated rings. The lowest BCUT2D eigenvalue weighted by Gasteiger charge is -2.44. The van der Waals surface area contributed by atoms with E-state index in [1.807, 2.05) is 42.5 Å². The molecule has 1 aromatic carbocycles. The van der Waals surface area contributed by atoms with E-state index in [-0.39, 0.29) is 23.6 Å². The molecule has 0 spiro atoms. The van der Waals surface area contributed by atoms with Crippen LogP contribution in [-0.2, 0) is 22.9 Å². The van der Waals surface area contributed by atoms with Gasteiger partial charge in [-0.3, -0.25) is 14.8 Å². The fourth-order valence-corrected chi connectivity index (χ4v) is 6.27. The van der Waals surface area contributed by atoms with E-state index in [0.717, 1.165) is 29.4 Å². The smallest absolute Gasteiger partial charge is 0.153 e. The number of rotatable bonds is 4. The van der Waals surface area contributed by atoms with Gasteiger partial charge in [0.15, 0.2) is 9.84 Å². The summed E-state index contributed by atoms with van der Waals surface area (Å²) in [5.41, 5.74) is 2.03. The van der Waals surface area contributed by atoms with Crippen LogP contribution in [0.1, 0.15) is 11.3 Å². The fourth-order valence-electron chi connectivity index (χ4n) is 4.03. The SMILES string of the molecule is O=S1(=O)C[C@@H]2[C@H](C1)N(Cc1ccccn1)CCN2Cc1ccccc1Cl. The highest BCUT2D eigenvalue weighted by Crippen LogP contribution is 2.30. The molecule has 0 aliphatic carbocycles. The van der Waals surface area contributed by atoms with Crippen molar-refractivity contribution >= 4 is 21.4 Å². The first kappa shape index (κ1) is 17.9. The quantitative estimate of drug-likeness (QED) is 0.799. The third kappa shape index (κ3) is 3.78. The molecular weight excluding hydrogens is 370 g/mol. The van der Waals surface area contributed by atoms with Gasteiger partial charge in [0.05, 0.1) is 17.2 Å². The lowest BCUT2D eigenvalue weighted by molar-refractivity contribution is 0.0348. The Morgan fingerprint density at radius 1 is 0.962 bits per heavy atom. The molecule has 2 aromatic rings. The second kappa shape index (κ2) is 7.27. The zero-order chi connectivity index (χ0) is 18.1. The van der Waals surface area contributed by atoms with E-state index in [9.17, 15) is 8.42 Å². The molecule has 0 saturated carbocycles. The topological polar surface area (TPSA) is 53.5 Å². The van der Waals surface area contributed by atoms with Crippen molar-refractivity contribution < 1.29 is 8.42 Å². The molecular formula is C19H22ClN3O2S. The van der Waals surface area contributed by atoms with E-state index < -0.39 is 9.84 Å². The van der Waals surface area contributed by atoms with Crippen LogP contribution in [0.4, 0.5) is 0 Å². The number of pyridine rings is 1. The second-order valence-electron chi connectivity index (χ2n) is 7.07. The number of benzene rings is 1. The first-order chi connectivity index (χ1) is 12.5. The van der Waals surface area contributed by atoms with Crippen LogP contribution in [0.5, 0.6) is 0 Å². The van der Waals surface area contributed by atoms with Crippen molar-refractivity contribution in [2.24, 2.45) is 0 Å². The zero-order valence-corrected chi connectivity index (χ0v) is 16.0. The molecule has 0 N–H and O–H groups in total. The summed E-state index contributed by atoms with van der Waals surface area (Å²) in [5.74, 6) is 0.449. The molecule has 2 saturated heterocycles. The van der Waals surface area contributed by atoms with Crippen molar-refractivity contribution in [1.82, 2.24) is 14.8 Å². The number of hydrogen-bond donors (Lipinski definition) is 0. The minimum absolute atomic E-state index is 0.00809. The number of nitrogens with zero attached hydrogens (tertiary/aromatic N) is 3. The summed E-state index contributed by atoms with van der Waals surface area (Å²) >= 11 is 6.31. The van der Waals surface area contributed by atoms with Gasteiger partial charge >= 0.3 is 0 Å². The van der Waals surface area contributed by atoms with Gasteiger partial charge in [-0.2, -0.15) is 0 Å². The van der Waals surface area contributed by atoms with Crippen molar-refractivity contribution in [2.45, 2.75) is 25.2 Å². The fraction of sp³-hybridized carbons (Fsp3) is 0.421. The molecule has 2 atom stereocenters. The number of aromatic nitrogens is 1. The van der Waals surface area contributed by atoms with Crippen LogP contribution in [-0.4, -0.2) is 59.9 Å². The Balaban J connectivity index is 1.55. The number of hydrogen-bond acceptors (Lipinski definition) is 5. The number of sulfone groups is 1. The molecule has 0 radical (unpaired) electrons. The Morgan fingerprint density at radius 2 is 1.62 bits per heavy atom. The molecule has 4 rings (SSSR count). The Kier molecular flexibility index (Phi) is 5.01. The van der Waals surface area contributed by atoms with Crippen molar-refractivity contribution in [3.63, 3.8) is 0 Å². The first-order valence-corrected chi connectivity index (χ1v) is 11.0. The van der Waals surface area contributed by atoms with Crippen molar-refractivity contribution in [3.8, 4) is 0 Å². The van der Waals surface area contributed by atoms with E-state index in [0.29, 0.717) is 13.1 Å². The third-order valence-electron chi connectivity index (χ3n) is 5.33. The molecule has 7 heteroatoms. The summed E-state index contributed by atoms with van der Waals surface area (Å²) < 4.78 is 24.7. The first-order valence-electron chi connectivity index (χ1n) is 8.84. The normalized spacial score (nSPS) is 25.9. The van der Waals surface area contributed by atoms with Crippen LogP contribution in [0, 0.1) is 0 Å². The summed E-state index contributed by atoms with van der Waals surface area (Å²) in [4.78, 5) is 8.96. The highest BCUT2D eigenvalue weighted by molar-refractivity contribution is 7.91. The lowest BCUT2D eigenvalue weighted by Crippen LogP contribution is -2.58. The van der Waals surface area contributed by atoms with E-state index in [1.54, 1.807) is 6.20 Å². The van der Waals surface area contributed by atoms with Gasteiger partial charge in [-0.1, -0.05) is 35.9 Å². The maximum Gasteiger partial charge on any atom is 0.153 e. The molecule has 138 valence electrons. The molecule has 2 aliphatic heterocycles. The Labute approximate surface area is 159 Å². The molecule has 1 aromatic heterocycles. The minimum Gasteiger partial charge on any atom is -0.292 e. The lowest BCUT2D eigenvalue weighted by atomic mass is 10.0. The highest BCUT2D eigenvalue weighted by atomic mass is 35.5. The Bertz CT molecular complexity index is 875. The van der Waals surface area contributed by atoms with E-state index in [4.69, 9.17) is 11.6 Å². The standard InChI is InChI=1S/C19H22ClN3O2S/c20-17-7-2-1-5-15(17)11-22-9-10-23(12-16-6-3-4-8-21-16)19-14-26(24,25)13-18(19)22/h1-8,18-19H,9-14H2/t18-,19+/m1/s1. The Morgan fingerprint density at radius 3 is 2.27 bits per heavy atom. The summed E-state index contributed by atoms with van der Waals surface area (Å²) in [6.45, 7) is 3.04. The van der Waals surface area contributed by atoms with Crippen molar-refractivity contribution in [1.29, 1.82) is 0 Å². The van der Waals surface area contributed by atoms with Gasteiger partial charge in [0.1, 0.15) is 0 Å². The highest BCUT2D eigenvalue weighted by Gasteiger charge is 2.46. The number of fused-ring (bicyclic) bond motifs is 1. The van der Waals surface area contributed by atoms with Crippen LogP contribution in [0.25, 0.3) is 0 Å². The average Bonchev–Trinajstić information content (AvgIpc) is 2.96. The predicted octanol–water partition coefficient (Wildman–Crippen LogP) is 2.22. The van der Waals surface area contributed by atoms with E-state index in [2.05, 4.69) is 14.8 Å². The van der Waals surface area contributed by atoms with Gasteiger partial charge in [-0.15, -0.1) is 0 Å². The largest absolute Gasteiger partial charge is 0.292 e. The summed E-state index contributed by atoms with van der Waals surface area (Å²) in [6.07, 6.45) is 1.78. The zero-order valence-electron chi connectivity index (χ0n) is 14.5. The van der Waals surface area contributed by atoms with Crippen LogP contribution in [0.15, 0.2) is 48.7 Å². The molecule has 0 unspecified atom stereocenters. The van der Waals surface area contributed by atoms with Crippen LogP contribution >= 0.6 is 11.6 Å². The summed E-state index contributed by atoms with van der Waals surface area (Å²) in [6, 6.07) is 13.7. The van der Waals surface area contributed by atoms with Crippen LogP contribution < -0.4 is 0 Å². The average molecular weight is 392 g/mol. The maximum atomic E-state index is 12.4. The number of piperazine rings is 1. The second-order valence-corrected chi connectivity index (χ2v) is 9.63. The summed E-state index contributed by atoms with van der Waals surface area (Å²) in [7, 11) is -3.03. The van der Waals surface area contributed by atoms with E-state index in [1.165, 1.54) is 0 Å². The maximum absolute atomic E-state index is 12.4. The molecule has 5 nitrogen and oxygen atoms in total.